The minimum absolute atomic E-state index is 0.0481. The highest BCUT2D eigenvalue weighted by molar-refractivity contribution is 7.98. The van der Waals surface area contributed by atoms with Crippen molar-refractivity contribution in [2.45, 2.75) is 11.8 Å². The second kappa shape index (κ2) is 6.23. The van der Waals surface area contributed by atoms with Crippen molar-refractivity contribution < 1.29 is 9.50 Å². The van der Waals surface area contributed by atoms with Crippen LogP contribution in [0.1, 0.15) is 12.0 Å². The van der Waals surface area contributed by atoms with Crippen molar-refractivity contribution in [3.8, 4) is 0 Å². The molecule has 1 atom stereocenters. The molecule has 90 valence electrons. The highest BCUT2D eigenvalue weighted by atomic mass is 32.2. The van der Waals surface area contributed by atoms with Gasteiger partial charge in [0.25, 0.3) is 0 Å². The van der Waals surface area contributed by atoms with Gasteiger partial charge in [0, 0.05) is 12.0 Å². The van der Waals surface area contributed by atoms with Crippen molar-refractivity contribution in [2.75, 3.05) is 25.2 Å². The van der Waals surface area contributed by atoms with Gasteiger partial charge < -0.3 is 10.8 Å². The molecule has 16 heavy (non-hydrogen) atoms. The standard InChI is InChI=1S/C12H18FNOS/c1-16-6-5-12(8-14,9-15)10-3-2-4-11(13)7-10/h2-4,7,15H,5-6,8-9,14H2,1H3. The van der Waals surface area contributed by atoms with Crippen LogP contribution in [0.25, 0.3) is 0 Å². The molecule has 3 N–H and O–H groups in total. The third-order valence-electron chi connectivity index (χ3n) is 2.92. The van der Waals surface area contributed by atoms with Crippen LogP contribution in [0.3, 0.4) is 0 Å². The number of aliphatic hydroxyl groups is 1. The first-order valence-electron chi connectivity index (χ1n) is 5.24. The smallest absolute Gasteiger partial charge is 0.123 e. The van der Waals surface area contributed by atoms with E-state index >= 15 is 0 Å². The van der Waals surface area contributed by atoms with Crippen molar-refractivity contribution in [1.29, 1.82) is 0 Å². The Balaban J connectivity index is 2.99. The van der Waals surface area contributed by atoms with E-state index in [4.69, 9.17) is 5.73 Å². The largest absolute Gasteiger partial charge is 0.395 e. The Morgan fingerprint density at radius 1 is 1.50 bits per heavy atom. The number of aliphatic hydroxyl groups excluding tert-OH is 1. The van der Waals surface area contributed by atoms with Gasteiger partial charge in [-0.05, 0) is 36.1 Å². The molecule has 4 heteroatoms. The van der Waals surface area contributed by atoms with Gasteiger partial charge in [-0.2, -0.15) is 11.8 Å². The van der Waals surface area contributed by atoms with Crippen molar-refractivity contribution in [2.24, 2.45) is 5.73 Å². The average Bonchev–Trinajstić information content (AvgIpc) is 2.31. The molecule has 0 aliphatic heterocycles. The Labute approximate surface area is 100 Å². The van der Waals surface area contributed by atoms with Crippen molar-refractivity contribution in [1.82, 2.24) is 0 Å². The van der Waals surface area contributed by atoms with Gasteiger partial charge >= 0.3 is 0 Å². The molecule has 0 saturated heterocycles. The van der Waals surface area contributed by atoms with Crippen molar-refractivity contribution in [3.05, 3.63) is 35.6 Å². The van der Waals surface area contributed by atoms with E-state index in [0.29, 0.717) is 6.54 Å². The SMILES string of the molecule is CSCCC(CN)(CO)c1cccc(F)c1. The maximum absolute atomic E-state index is 13.2. The molecule has 1 aromatic rings. The number of hydrogen-bond acceptors (Lipinski definition) is 3. The van der Waals surface area contributed by atoms with Crippen LogP contribution in [-0.4, -0.2) is 30.3 Å². The Kier molecular flexibility index (Phi) is 5.25. The molecule has 1 rings (SSSR count). The molecular formula is C12H18FNOS. The molecule has 0 aromatic heterocycles. The molecule has 0 heterocycles. The number of nitrogens with two attached hydrogens (primary N) is 1. The van der Waals surface area contributed by atoms with Crippen LogP contribution in [-0.2, 0) is 5.41 Å². The molecule has 0 aliphatic carbocycles. The van der Waals surface area contributed by atoms with E-state index in [9.17, 15) is 9.50 Å². The second-order valence-corrected chi connectivity index (χ2v) is 4.88. The Hall–Kier alpha value is -0.580. The quantitative estimate of drug-likeness (QED) is 0.800. The van der Waals surface area contributed by atoms with Crippen LogP contribution >= 0.6 is 11.8 Å². The Bertz CT molecular complexity index is 329. The molecule has 0 bridgehead atoms. The third kappa shape index (κ3) is 2.97. The van der Waals surface area contributed by atoms with Gasteiger partial charge in [-0.25, -0.2) is 4.39 Å². The van der Waals surface area contributed by atoms with Crippen LogP contribution < -0.4 is 5.73 Å². The van der Waals surface area contributed by atoms with Crippen LogP contribution in [0, 0.1) is 5.82 Å². The molecule has 1 aromatic carbocycles. The third-order valence-corrected chi connectivity index (χ3v) is 3.53. The zero-order valence-corrected chi connectivity index (χ0v) is 10.3. The number of rotatable bonds is 6. The molecule has 0 amide bonds. The molecule has 0 radical (unpaired) electrons. The zero-order valence-electron chi connectivity index (χ0n) is 9.45. The number of hydrogen-bond donors (Lipinski definition) is 2. The van der Waals surface area contributed by atoms with E-state index in [1.54, 1.807) is 17.8 Å². The highest BCUT2D eigenvalue weighted by Crippen LogP contribution is 2.28. The summed E-state index contributed by atoms with van der Waals surface area (Å²) in [6.07, 6.45) is 2.76. The van der Waals surface area contributed by atoms with E-state index in [2.05, 4.69) is 0 Å². The molecule has 0 aliphatic rings. The highest BCUT2D eigenvalue weighted by Gasteiger charge is 2.29. The van der Waals surface area contributed by atoms with Gasteiger partial charge in [0.1, 0.15) is 5.82 Å². The fraction of sp³-hybridized carbons (Fsp3) is 0.500. The lowest BCUT2D eigenvalue weighted by Crippen LogP contribution is -2.39. The molecule has 0 saturated carbocycles. The van der Waals surface area contributed by atoms with Crippen molar-refractivity contribution in [3.63, 3.8) is 0 Å². The number of thioether (sulfide) groups is 1. The summed E-state index contributed by atoms with van der Waals surface area (Å²) >= 11 is 1.70. The summed E-state index contributed by atoms with van der Waals surface area (Å²) in [7, 11) is 0. The maximum Gasteiger partial charge on any atom is 0.123 e. The first kappa shape index (κ1) is 13.5. The van der Waals surface area contributed by atoms with Crippen LogP contribution in [0.2, 0.25) is 0 Å². The Morgan fingerprint density at radius 3 is 2.75 bits per heavy atom. The van der Waals surface area contributed by atoms with Gasteiger partial charge in [-0.3, -0.25) is 0 Å². The Morgan fingerprint density at radius 2 is 2.25 bits per heavy atom. The average molecular weight is 243 g/mol. The number of benzene rings is 1. The maximum atomic E-state index is 13.2. The minimum atomic E-state index is -0.509. The number of halogens is 1. The summed E-state index contributed by atoms with van der Waals surface area (Å²) in [5.41, 5.74) is 6.02. The lowest BCUT2D eigenvalue weighted by Gasteiger charge is -2.31. The normalized spacial score (nSPS) is 14.8. The summed E-state index contributed by atoms with van der Waals surface area (Å²) < 4.78 is 13.2. The van der Waals surface area contributed by atoms with Crippen LogP contribution in [0.4, 0.5) is 4.39 Å². The van der Waals surface area contributed by atoms with Gasteiger partial charge in [0.15, 0.2) is 0 Å². The van der Waals surface area contributed by atoms with Gasteiger partial charge in [0.2, 0.25) is 0 Å². The molecule has 0 fully saturated rings. The predicted molar refractivity (Wildman–Crippen MR) is 67.2 cm³/mol. The first-order valence-corrected chi connectivity index (χ1v) is 6.64. The fourth-order valence-corrected chi connectivity index (χ4v) is 2.31. The molecule has 2 nitrogen and oxygen atoms in total. The lowest BCUT2D eigenvalue weighted by atomic mass is 9.79. The van der Waals surface area contributed by atoms with E-state index in [1.807, 2.05) is 12.3 Å². The molecule has 0 spiro atoms. The van der Waals surface area contributed by atoms with Gasteiger partial charge in [-0.15, -0.1) is 0 Å². The summed E-state index contributed by atoms with van der Waals surface area (Å²) in [5, 5.41) is 9.54. The lowest BCUT2D eigenvalue weighted by molar-refractivity contribution is 0.193. The van der Waals surface area contributed by atoms with Crippen molar-refractivity contribution >= 4 is 11.8 Å². The molecule has 1 unspecified atom stereocenters. The first-order chi connectivity index (χ1) is 7.68. The monoisotopic (exact) mass is 243 g/mol. The topological polar surface area (TPSA) is 46.2 Å². The summed E-state index contributed by atoms with van der Waals surface area (Å²) in [6, 6.07) is 6.34. The fourth-order valence-electron chi connectivity index (χ4n) is 1.71. The van der Waals surface area contributed by atoms with Crippen LogP contribution in [0.15, 0.2) is 24.3 Å². The van der Waals surface area contributed by atoms with Gasteiger partial charge in [0.05, 0.1) is 6.61 Å². The van der Waals surface area contributed by atoms with E-state index in [0.717, 1.165) is 17.7 Å². The van der Waals surface area contributed by atoms with Crippen LogP contribution in [0.5, 0.6) is 0 Å². The summed E-state index contributed by atoms with van der Waals surface area (Å²) in [4.78, 5) is 0. The van der Waals surface area contributed by atoms with E-state index in [1.165, 1.54) is 12.1 Å². The van der Waals surface area contributed by atoms with Gasteiger partial charge in [-0.1, -0.05) is 12.1 Å². The second-order valence-electron chi connectivity index (χ2n) is 3.90. The molecular weight excluding hydrogens is 225 g/mol. The minimum Gasteiger partial charge on any atom is -0.395 e. The summed E-state index contributed by atoms with van der Waals surface area (Å²) in [5.74, 6) is 0.613. The van der Waals surface area contributed by atoms with E-state index in [-0.39, 0.29) is 12.4 Å². The summed E-state index contributed by atoms with van der Waals surface area (Å²) in [6.45, 7) is 0.279. The van der Waals surface area contributed by atoms with E-state index < -0.39 is 5.41 Å². The zero-order chi connectivity index (χ0) is 12.0. The predicted octanol–water partition coefficient (Wildman–Crippen LogP) is 1.77.